The van der Waals surface area contributed by atoms with Crippen LogP contribution in [0.25, 0.3) is 21.9 Å². The number of hydrogen-bond donors (Lipinski definition) is 2. The molecule has 0 saturated heterocycles. The number of aryl methyl sites for hydroxylation is 1. The van der Waals surface area contributed by atoms with E-state index in [0.717, 1.165) is 28.3 Å². The van der Waals surface area contributed by atoms with E-state index < -0.39 is 0 Å². The van der Waals surface area contributed by atoms with Crippen molar-refractivity contribution in [2.75, 3.05) is 0 Å². The van der Waals surface area contributed by atoms with Crippen molar-refractivity contribution < 1.29 is 10.2 Å². The summed E-state index contributed by atoms with van der Waals surface area (Å²) in [6.45, 7) is 2.09. The van der Waals surface area contributed by atoms with Gasteiger partial charge in [-0.25, -0.2) is 0 Å². The number of rotatable bonds is 2. The monoisotopic (exact) mass is 264 g/mol. The van der Waals surface area contributed by atoms with E-state index in [-0.39, 0.29) is 11.5 Å². The molecular formula is C18H16O2. The average molecular weight is 264 g/mol. The number of aromatic hydroxyl groups is 2. The highest BCUT2D eigenvalue weighted by molar-refractivity contribution is 5.99. The van der Waals surface area contributed by atoms with Crippen LogP contribution in [0.15, 0.2) is 54.6 Å². The van der Waals surface area contributed by atoms with Crippen molar-refractivity contribution in [3.8, 4) is 22.6 Å². The van der Waals surface area contributed by atoms with E-state index in [9.17, 15) is 10.2 Å². The summed E-state index contributed by atoms with van der Waals surface area (Å²) in [7, 11) is 0. The highest BCUT2D eigenvalue weighted by Crippen LogP contribution is 2.39. The number of fused-ring (bicyclic) bond motifs is 1. The molecule has 100 valence electrons. The molecule has 0 bridgehead atoms. The maximum Gasteiger partial charge on any atom is 0.123 e. The first-order valence-electron chi connectivity index (χ1n) is 6.73. The van der Waals surface area contributed by atoms with E-state index in [1.54, 1.807) is 6.07 Å². The predicted molar refractivity (Wildman–Crippen MR) is 82.1 cm³/mol. The predicted octanol–water partition coefficient (Wildman–Crippen LogP) is 4.48. The van der Waals surface area contributed by atoms with E-state index in [1.165, 1.54) is 12.1 Å². The molecule has 0 atom stereocenters. The number of benzene rings is 3. The second-order valence-corrected chi connectivity index (χ2v) is 4.88. The van der Waals surface area contributed by atoms with Gasteiger partial charge >= 0.3 is 0 Å². The van der Waals surface area contributed by atoms with E-state index >= 15 is 0 Å². The lowest BCUT2D eigenvalue weighted by molar-refractivity contribution is 0.462. The van der Waals surface area contributed by atoms with E-state index in [0.29, 0.717) is 5.56 Å². The molecule has 0 fully saturated rings. The lowest BCUT2D eigenvalue weighted by Crippen LogP contribution is -1.90. The minimum Gasteiger partial charge on any atom is -0.508 e. The summed E-state index contributed by atoms with van der Waals surface area (Å²) >= 11 is 0. The van der Waals surface area contributed by atoms with Crippen LogP contribution < -0.4 is 0 Å². The van der Waals surface area contributed by atoms with Crippen LogP contribution in [0.4, 0.5) is 0 Å². The van der Waals surface area contributed by atoms with Gasteiger partial charge in [-0.05, 0) is 46.5 Å². The Bertz CT molecular complexity index is 775. The Morgan fingerprint density at radius 2 is 1.70 bits per heavy atom. The van der Waals surface area contributed by atoms with Gasteiger partial charge in [-0.1, -0.05) is 43.3 Å². The van der Waals surface area contributed by atoms with Crippen LogP contribution in [-0.4, -0.2) is 10.2 Å². The molecule has 0 saturated carbocycles. The van der Waals surface area contributed by atoms with Crippen LogP contribution in [-0.2, 0) is 6.42 Å². The molecule has 0 aromatic heterocycles. The second kappa shape index (κ2) is 4.89. The Morgan fingerprint density at radius 1 is 0.900 bits per heavy atom. The summed E-state index contributed by atoms with van der Waals surface area (Å²) in [4.78, 5) is 0. The molecule has 2 nitrogen and oxygen atoms in total. The van der Waals surface area contributed by atoms with Crippen molar-refractivity contribution in [1.29, 1.82) is 0 Å². The molecule has 0 heterocycles. The van der Waals surface area contributed by atoms with Crippen LogP contribution in [0.1, 0.15) is 12.5 Å². The lowest BCUT2D eigenvalue weighted by atomic mass is 9.91. The maximum absolute atomic E-state index is 10.2. The molecule has 2 heteroatoms. The lowest BCUT2D eigenvalue weighted by Gasteiger charge is -2.14. The standard InChI is InChI=1S/C18H16O2/c1-2-12-7-8-13-5-3-4-6-15(13)18(12)16-11-14(19)9-10-17(16)20/h3-11,19-20H,2H2,1H3. The molecule has 3 rings (SSSR count). The zero-order valence-electron chi connectivity index (χ0n) is 11.3. The van der Waals surface area contributed by atoms with Gasteiger partial charge in [0.25, 0.3) is 0 Å². The molecule has 0 radical (unpaired) electrons. The minimum absolute atomic E-state index is 0.160. The first-order valence-corrected chi connectivity index (χ1v) is 6.73. The van der Waals surface area contributed by atoms with Crippen molar-refractivity contribution in [3.05, 3.63) is 60.2 Å². The van der Waals surface area contributed by atoms with E-state index in [2.05, 4.69) is 25.1 Å². The third-order valence-electron chi connectivity index (χ3n) is 3.65. The third-order valence-corrected chi connectivity index (χ3v) is 3.65. The Morgan fingerprint density at radius 3 is 2.50 bits per heavy atom. The van der Waals surface area contributed by atoms with Crippen LogP contribution in [0.2, 0.25) is 0 Å². The molecule has 0 aliphatic carbocycles. The maximum atomic E-state index is 10.2. The van der Waals surface area contributed by atoms with Gasteiger partial charge in [0.2, 0.25) is 0 Å². The highest BCUT2D eigenvalue weighted by Gasteiger charge is 2.13. The summed E-state index contributed by atoms with van der Waals surface area (Å²) in [5.74, 6) is 0.349. The van der Waals surface area contributed by atoms with Gasteiger partial charge < -0.3 is 10.2 Å². The van der Waals surface area contributed by atoms with Crippen molar-refractivity contribution in [2.24, 2.45) is 0 Å². The van der Waals surface area contributed by atoms with Crippen LogP contribution in [0.5, 0.6) is 11.5 Å². The summed E-state index contributed by atoms with van der Waals surface area (Å²) in [6.07, 6.45) is 0.870. The van der Waals surface area contributed by atoms with Gasteiger partial charge in [-0.2, -0.15) is 0 Å². The fourth-order valence-electron chi connectivity index (χ4n) is 2.65. The molecule has 0 aliphatic heterocycles. The molecular weight excluding hydrogens is 248 g/mol. The fraction of sp³-hybridized carbons (Fsp3) is 0.111. The molecule has 3 aromatic rings. The largest absolute Gasteiger partial charge is 0.508 e. The minimum atomic E-state index is 0.160. The van der Waals surface area contributed by atoms with Gasteiger partial charge in [-0.3, -0.25) is 0 Å². The molecule has 0 spiro atoms. The fourth-order valence-corrected chi connectivity index (χ4v) is 2.65. The first-order chi connectivity index (χ1) is 9.70. The zero-order chi connectivity index (χ0) is 14.1. The third kappa shape index (κ3) is 1.99. The van der Waals surface area contributed by atoms with E-state index in [1.807, 2.05) is 18.2 Å². The Labute approximate surface area is 117 Å². The zero-order valence-corrected chi connectivity index (χ0v) is 11.3. The molecule has 0 unspecified atom stereocenters. The number of phenolic OH excluding ortho intramolecular Hbond substituents is 2. The average Bonchev–Trinajstić information content (AvgIpc) is 2.48. The Balaban J connectivity index is 2.41. The summed E-state index contributed by atoms with van der Waals surface area (Å²) in [5.41, 5.74) is 2.84. The molecule has 2 N–H and O–H groups in total. The Kier molecular flexibility index (Phi) is 3.07. The van der Waals surface area contributed by atoms with Crippen molar-refractivity contribution in [3.63, 3.8) is 0 Å². The molecule has 0 aliphatic rings. The van der Waals surface area contributed by atoms with Gasteiger partial charge in [-0.15, -0.1) is 0 Å². The Hall–Kier alpha value is -2.48. The van der Waals surface area contributed by atoms with Gasteiger partial charge in [0, 0.05) is 5.56 Å². The summed E-state index contributed by atoms with van der Waals surface area (Å²) in [6, 6.07) is 16.9. The van der Waals surface area contributed by atoms with Gasteiger partial charge in [0.1, 0.15) is 11.5 Å². The van der Waals surface area contributed by atoms with E-state index in [4.69, 9.17) is 0 Å². The van der Waals surface area contributed by atoms with Crippen molar-refractivity contribution in [1.82, 2.24) is 0 Å². The number of phenols is 2. The van der Waals surface area contributed by atoms with Gasteiger partial charge in [0.15, 0.2) is 0 Å². The smallest absolute Gasteiger partial charge is 0.123 e. The number of hydrogen-bond acceptors (Lipinski definition) is 2. The quantitative estimate of drug-likeness (QED) is 0.670. The first kappa shape index (κ1) is 12.5. The van der Waals surface area contributed by atoms with Gasteiger partial charge in [0.05, 0.1) is 0 Å². The molecule has 20 heavy (non-hydrogen) atoms. The van der Waals surface area contributed by atoms with Crippen molar-refractivity contribution in [2.45, 2.75) is 13.3 Å². The van der Waals surface area contributed by atoms with Crippen molar-refractivity contribution >= 4 is 10.8 Å². The van der Waals surface area contributed by atoms with Crippen LogP contribution >= 0.6 is 0 Å². The molecule has 3 aromatic carbocycles. The summed E-state index contributed by atoms with van der Waals surface area (Å²) < 4.78 is 0. The topological polar surface area (TPSA) is 40.5 Å². The SMILES string of the molecule is CCc1ccc2ccccc2c1-c1cc(O)ccc1O. The summed E-state index contributed by atoms with van der Waals surface area (Å²) in [5, 5.41) is 22.1. The van der Waals surface area contributed by atoms with Crippen LogP contribution in [0.3, 0.4) is 0 Å². The normalized spacial score (nSPS) is 10.8. The molecule has 0 amide bonds. The highest BCUT2D eigenvalue weighted by atomic mass is 16.3. The van der Waals surface area contributed by atoms with Crippen LogP contribution in [0, 0.1) is 0 Å². The second-order valence-electron chi connectivity index (χ2n) is 4.88.